The Bertz CT molecular complexity index is 1230. The molecular weight excluding hydrogens is 474 g/mol. The molecule has 1 aromatic heterocycles. The van der Waals surface area contributed by atoms with Gasteiger partial charge in [-0.05, 0) is 74.2 Å². The van der Waals surface area contributed by atoms with E-state index in [1.807, 2.05) is 32.0 Å². The number of nitrogens with one attached hydrogen (secondary N) is 2. The van der Waals surface area contributed by atoms with Crippen LogP contribution in [0.4, 0.5) is 11.4 Å². The number of piperidine rings is 1. The average Bonchev–Trinajstić information content (AvgIpc) is 3.33. The largest absolute Gasteiger partial charge is 0.336 e. The molecule has 1 unspecified atom stereocenters. The molecule has 0 saturated carbocycles. The van der Waals surface area contributed by atoms with Crippen molar-refractivity contribution in [3.63, 3.8) is 0 Å². The molecule has 0 bridgehead atoms. The number of hydrogen-bond acceptors (Lipinski definition) is 6. The van der Waals surface area contributed by atoms with Crippen molar-refractivity contribution < 1.29 is 14.4 Å². The highest BCUT2D eigenvalue weighted by molar-refractivity contribution is 7.15. The number of carbonyl (C=O) groups is 3. The van der Waals surface area contributed by atoms with Crippen LogP contribution >= 0.6 is 22.9 Å². The molecule has 1 fully saturated rings. The van der Waals surface area contributed by atoms with Gasteiger partial charge in [-0.1, -0.05) is 29.0 Å². The van der Waals surface area contributed by atoms with E-state index in [1.54, 1.807) is 29.2 Å². The topological polar surface area (TPSA) is 104 Å². The molecule has 1 saturated heterocycles. The van der Waals surface area contributed by atoms with Gasteiger partial charge < -0.3 is 15.5 Å². The number of carbonyl (C=O) groups excluding carboxylic acids is 3. The normalized spacial score (nSPS) is 15.6. The quantitative estimate of drug-likeness (QED) is 0.538. The maximum atomic E-state index is 13.0. The summed E-state index contributed by atoms with van der Waals surface area (Å²) in [4.78, 5) is 39.9. The lowest BCUT2D eigenvalue weighted by Gasteiger charge is -2.31. The second kappa shape index (κ2) is 10.3. The van der Waals surface area contributed by atoms with Crippen molar-refractivity contribution in [2.75, 3.05) is 23.7 Å². The summed E-state index contributed by atoms with van der Waals surface area (Å²) in [5.74, 6) is -1.21. The van der Waals surface area contributed by atoms with Gasteiger partial charge in [0.1, 0.15) is 0 Å². The van der Waals surface area contributed by atoms with Gasteiger partial charge in [0.05, 0.1) is 5.92 Å². The molecule has 0 radical (unpaired) electrons. The number of rotatable bonds is 5. The molecule has 34 heavy (non-hydrogen) atoms. The number of likely N-dealkylation sites (tertiary alicyclic amines) is 1. The van der Waals surface area contributed by atoms with Crippen LogP contribution in [0.5, 0.6) is 0 Å². The Kier molecular flexibility index (Phi) is 7.23. The summed E-state index contributed by atoms with van der Waals surface area (Å²) in [7, 11) is 0. The second-order valence-electron chi connectivity index (χ2n) is 8.25. The summed E-state index contributed by atoms with van der Waals surface area (Å²) in [6.45, 7) is 4.84. The fraction of sp³-hybridized carbons (Fsp3) is 0.292. The number of nitrogens with zero attached hydrogens (tertiary/aromatic N) is 3. The molecule has 1 aliphatic heterocycles. The number of anilines is 2. The third kappa shape index (κ3) is 5.60. The molecule has 1 aliphatic rings. The maximum Gasteiger partial charge on any atom is 0.286 e. The molecule has 10 heteroatoms. The standard InChI is InChI=1S/C24H24ClN5O3S/c1-14-5-8-19(12-15(14)2)27-20(31)16-4-3-11-30(13-16)24(33)23-29-28-22(34-23)21(32)26-18-9-6-17(25)7-10-18/h5-10,12,16H,3-4,11,13H2,1-2H3,(H,26,32)(H,27,31). The van der Waals surface area contributed by atoms with E-state index in [9.17, 15) is 14.4 Å². The number of aromatic nitrogens is 2. The van der Waals surface area contributed by atoms with Crippen molar-refractivity contribution in [1.29, 1.82) is 0 Å². The molecule has 3 aromatic rings. The Morgan fingerprint density at radius 3 is 2.41 bits per heavy atom. The highest BCUT2D eigenvalue weighted by atomic mass is 35.5. The van der Waals surface area contributed by atoms with Crippen LogP contribution in [0.25, 0.3) is 0 Å². The van der Waals surface area contributed by atoms with Gasteiger partial charge in [-0.25, -0.2) is 0 Å². The van der Waals surface area contributed by atoms with Gasteiger partial charge >= 0.3 is 0 Å². The van der Waals surface area contributed by atoms with Gasteiger partial charge in [0.2, 0.25) is 15.9 Å². The lowest BCUT2D eigenvalue weighted by molar-refractivity contribution is -0.121. The van der Waals surface area contributed by atoms with Crippen molar-refractivity contribution in [2.45, 2.75) is 26.7 Å². The van der Waals surface area contributed by atoms with E-state index in [-0.39, 0.29) is 27.7 Å². The first kappa shape index (κ1) is 23.8. The molecule has 1 atom stereocenters. The van der Waals surface area contributed by atoms with Crippen molar-refractivity contribution in [1.82, 2.24) is 15.1 Å². The average molecular weight is 498 g/mol. The SMILES string of the molecule is Cc1ccc(NC(=O)C2CCCN(C(=O)c3nnc(C(=O)Nc4ccc(Cl)cc4)s3)C2)cc1C. The molecular formula is C24H24ClN5O3S. The molecule has 176 valence electrons. The minimum atomic E-state index is -0.455. The van der Waals surface area contributed by atoms with Gasteiger partial charge in [0.15, 0.2) is 0 Å². The molecule has 2 N–H and O–H groups in total. The summed E-state index contributed by atoms with van der Waals surface area (Å²) >= 11 is 6.79. The number of aryl methyl sites for hydroxylation is 2. The number of hydrogen-bond donors (Lipinski definition) is 2. The molecule has 8 nitrogen and oxygen atoms in total. The Morgan fingerprint density at radius 2 is 1.68 bits per heavy atom. The van der Waals surface area contributed by atoms with Crippen LogP contribution in [0.2, 0.25) is 5.02 Å². The number of amides is 3. The monoisotopic (exact) mass is 497 g/mol. The van der Waals surface area contributed by atoms with Gasteiger partial charge in [0.25, 0.3) is 11.8 Å². The van der Waals surface area contributed by atoms with E-state index in [4.69, 9.17) is 11.6 Å². The van der Waals surface area contributed by atoms with Crippen molar-refractivity contribution in [3.05, 3.63) is 68.6 Å². The minimum absolute atomic E-state index is 0.0827. The van der Waals surface area contributed by atoms with Crippen molar-refractivity contribution in [3.8, 4) is 0 Å². The maximum absolute atomic E-state index is 13.0. The smallest absolute Gasteiger partial charge is 0.286 e. The fourth-order valence-electron chi connectivity index (χ4n) is 3.69. The van der Waals surface area contributed by atoms with E-state index in [0.29, 0.717) is 36.6 Å². The van der Waals surface area contributed by atoms with Gasteiger partial charge in [-0.3, -0.25) is 14.4 Å². The van der Waals surface area contributed by atoms with Gasteiger partial charge in [-0.15, -0.1) is 10.2 Å². The first-order chi connectivity index (χ1) is 16.3. The predicted octanol–water partition coefficient (Wildman–Crippen LogP) is 4.55. The van der Waals surface area contributed by atoms with E-state index in [1.165, 1.54) is 0 Å². The third-order valence-corrected chi connectivity index (χ3v) is 6.92. The van der Waals surface area contributed by atoms with Gasteiger partial charge in [-0.2, -0.15) is 0 Å². The molecule has 0 spiro atoms. The van der Waals surface area contributed by atoms with Crippen LogP contribution in [-0.4, -0.2) is 45.9 Å². The van der Waals surface area contributed by atoms with Crippen LogP contribution in [0.3, 0.4) is 0 Å². The van der Waals surface area contributed by atoms with Crippen LogP contribution in [-0.2, 0) is 4.79 Å². The van der Waals surface area contributed by atoms with E-state index in [0.717, 1.165) is 28.2 Å². The van der Waals surface area contributed by atoms with Crippen LogP contribution in [0.15, 0.2) is 42.5 Å². The first-order valence-electron chi connectivity index (χ1n) is 10.9. The van der Waals surface area contributed by atoms with Crippen molar-refractivity contribution in [2.24, 2.45) is 5.92 Å². The third-order valence-electron chi connectivity index (χ3n) is 5.76. The van der Waals surface area contributed by atoms with Crippen LogP contribution in [0.1, 0.15) is 43.6 Å². The first-order valence-corrected chi connectivity index (χ1v) is 12.1. The highest BCUT2D eigenvalue weighted by Gasteiger charge is 2.31. The molecule has 0 aliphatic carbocycles. The summed E-state index contributed by atoms with van der Waals surface area (Å²) in [5.41, 5.74) is 3.57. The lowest BCUT2D eigenvalue weighted by Crippen LogP contribution is -2.43. The molecule has 3 amide bonds. The summed E-state index contributed by atoms with van der Waals surface area (Å²) < 4.78 is 0. The molecule has 2 heterocycles. The Hall–Kier alpha value is -3.30. The molecule has 4 rings (SSSR count). The fourth-order valence-corrected chi connectivity index (χ4v) is 4.53. The Balaban J connectivity index is 1.37. The van der Waals surface area contributed by atoms with E-state index in [2.05, 4.69) is 20.8 Å². The lowest BCUT2D eigenvalue weighted by atomic mass is 9.97. The van der Waals surface area contributed by atoms with E-state index < -0.39 is 5.91 Å². The van der Waals surface area contributed by atoms with Crippen LogP contribution < -0.4 is 10.6 Å². The Morgan fingerprint density at radius 1 is 0.971 bits per heavy atom. The zero-order chi connectivity index (χ0) is 24.2. The summed E-state index contributed by atoms with van der Waals surface area (Å²) in [6.07, 6.45) is 1.41. The zero-order valence-electron chi connectivity index (χ0n) is 18.8. The van der Waals surface area contributed by atoms with Crippen LogP contribution in [0, 0.1) is 19.8 Å². The van der Waals surface area contributed by atoms with E-state index >= 15 is 0 Å². The Labute approximate surface area is 206 Å². The van der Waals surface area contributed by atoms with Crippen molar-refractivity contribution >= 4 is 52.0 Å². The van der Waals surface area contributed by atoms with Gasteiger partial charge in [0, 0.05) is 29.5 Å². The number of halogens is 1. The second-order valence-corrected chi connectivity index (χ2v) is 9.67. The molecule has 2 aromatic carbocycles. The summed E-state index contributed by atoms with van der Waals surface area (Å²) in [6, 6.07) is 12.5. The number of benzene rings is 2. The minimum Gasteiger partial charge on any atom is -0.336 e. The predicted molar refractivity (Wildman–Crippen MR) is 132 cm³/mol. The highest BCUT2D eigenvalue weighted by Crippen LogP contribution is 2.23. The zero-order valence-corrected chi connectivity index (χ0v) is 20.4. The summed E-state index contributed by atoms with van der Waals surface area (Å²) in [5, 5.41) is 14.2.